The van der Waals surface area contributed by atoms with Gasteiger partial charge in [0.25, 0.3) is 5.91 Å². The second kappa shape index (κ2) is 9.63. The lowest BCUT2D eigenvalue weighted by molar-refractivity contribution is 0.0950. The fourth-order valence-corrected chi connectivity index (χ4v) is 4.16. The van der Waals surface area contributed by atoms with Crippen LogP contribution >= 0.6 is 0 Å². The Morgan fingerprint density at radius 3 is 2.19 bits per heavy atom. The third-order valence-electron chi connectivity index (χ3n) is 5.25. The minimum atomic E-state index is -3.63. The third-order valence-corrected chi connectivity index (χ3v) is 6.66. The molecule has 3 aromatic rings. The quantitative estimate of drug-likeness (QED) is 0.566. The standard InChI is InChI=1S/C25H29N3O3S/c1-18-6-5-15-26-23(18)17-27-24(29)20-9-7-19(8-10-20)16-28-32(30,31)22-13-11-21(12-14-22)25(2,3)4/h5-15,28H,16-17H2,1-4H3,(H,27,29). The van der Waals surface area contributed by atoms with Gasteiger partial charge in [0.05, 0.1) is 17.1 Å². The van der Waals surface area contributed by atoms with E-state index in [2.05, 4.69) is 35.8 Å². The molecule has 7 heteroatoms. The Balaban J connectivity index is 1.58. The van der Waals surface area contributed by atoms with Crippen LogP contribution in [0, 0.1) is 6.92 Å². The van der Waals surface area contributed by atoms with E-state index in [0.29, 0.717) is 12.1 Å². The zero-order valence-electron chi connectivity index (χ0n) is 18.8. The number of aryl methyl sites for hydroxylation is 1. The van der Waals surface area contributed by atoms with Gasteiger partial charge in [-0.3, -0.25) is 9.78 Å². The van der Waals surface area contributed by atoms with Gasteiger partial charge in [-0.05, 0) is 59.4 Å². The van der Waals surface area contributed by atoms with E-state index in [9.17, 15) is 13.2 Å². The van der Waals surface area contributed by atoms with Gasteiger partial charge in [0.15, 0.2) is 0 Å². The number of carbonyl (C=O) groups is 1. The van der Waals surface area contributed by atoms with Gasteiger partial charge in [0.1, 0.15) is 0 Å². The van der Waals surface area contributed by atoms with E-state index in [0.717, 1.165) is 22.4 Å². The maximum Gasteiger partial charge on any atom is 0.251 e. The summed E-state index contributed by atoms with van der Waals surface area (Å²) < 4.78 is 27.8. The summed E-state index contributed by atoms with van der Waals surface area (Å²) in [7, 11) is -3.63. The number of nitrogens with one attached hydrogen (secondary N) is 2. The Bertz CT molecular complexity index is 1180. The normalized spacial score (nSPS) is 11.9. The van der Waals surface area contributed by atoms with E-state index in [1.807, 2.05) is 31.2 Å². The SMILES string of the molecule is Cc1cccnc1CNC(=O)c1ccc(CNS(=O)(=O)c2ccc(C(C)(C)C)cc2)cc1. The Labute approximate surface area is 190 Å². The number of hydrogen-bond acceptors (Lipinski definition) is 4. The Morgan fingerprint density at radius 1 is 0.938 bits per heavy atom. The molecule has 0 radical (unpaired) electrons. The van der Waals surface area contributed by atoms with Crippen molar-refractivity contribution in [2.24, 2.45) is 0 Å². The second-order valence-electron chi connectivity index (χ2n) is 8.75. The lowest BCUT2D eigenvalue weighted by Gasteiger charge is -2.19. The van der Waals surface area contributed by atoms with Gasteiger partial charge in [-0.1, -0.05) is 51.1 Å². The van der Waals surface area contributed by atoms with Gasteiger partial charge < -0.3 is 5.32 Å². The van der Waals surface area contributed by atoms with Gasteiger partial charge >= 0.3 is 0 Å². The lowest BCUT2D eigenvalue weighted by Crippen LogP contribution is -2.24. The summed E-state index contributed by atoms with van der Waals surface area (Å²) in [4.78, 5) is 16.9. The number of aromatic nitrogens is 1. The van der Waals surface area contributed by atoms with E-state index in [4.69, 9.17) is 0 Å². The molecule has 1 heterocycles. The molecule has 0 aliphatic carbocycles. The first-order chi connectivity index (χ1) is 15.1. The molecule has 2 aromatic carbocycles. The van der Waals surface area contributed by atoms with Crippen molar-refractivity contribution in [3.05, 3.63) is 94.8 Å². The van der Waals surface area contributed by atoms with Crippen LogP contribution in [0.15, 0.2) is 71.8 Å². The van der Waals surface area contributed by atoms with Crippen molar-refractivity contribution >= 4 is 15.9 Å². The fraction of sp³-hybridized carbons (Fsp3) is 0.280. The number of rotatable bonds is 7. The van der Waals surface area contributed by atoms with Crippen LogP contribution in [0.1, 0.15) is 53.5 Å². The average molecular weight is 452 g/mol. The van der Waals surface area contributed by atoms with Crippen LogP contribution in [-0.2, 0) is 28.5 Å². The first-order valence-electron chi connectivity index (χ1n) is 10.4. The number of amides is 1. The maximum atomic E-state index is 12.6. The molecule has 3 rings (SSSR count). The molecule has 0 saturated heterocycles. The van der Waals surface area contributed by atoms with E-state index in [-0.39, 0.29) is 22.8 Å². The van der Waals surface area contributed by atoms with Crippen LogP contribution in [0.3, 0.4) is 0 Å². The van der Waals surface area contributed by atoms with Crippen LogP contribution in [0.4, 0.5) is 0 Å². The van der Waals surface area contributed by atoms with Crippen molar-refractivity contribution in [2.75, 3.05) is 0 Å². The van der Waals surface area contributed by atoms with Gasteiger partial charge in [0.2, 0.25) is 10.0 Å². The molecule has 1 amide bonds. The molecule has 0 bridgehead atoms. The van der Waals surface area contributed by atoms with Gasteiger partial charge in [-0.2, -0.15) is 0 Å². The molecular formula is C25H29N3O3S. The number of carbonyl (C=O) groups excluding carboxylic acids is 1. The Morgan fingerprint density at radius 2 is 1.59 bits per heavy atom. The number of benzene rings is 2. The molecule has 6 nitrogen and oxygen atoms in total. The molecule has 2 N–H and O–H groups in total. The summed E-state index contributed by atoms with van der Waals surface area (Å²) in [6.07, 6.45) is 1.70. The van der Waals surface area contributed by atoms with E-state index >= 15 is 0 Å². The fourth-order valence-electron chi connectivity index (χ4n) is 3.14. The van der Waals surface area contributed by atoms with Crippen molar-refractivity contribution < 1.29 is 13.2 Å². The summed E-state index contributed by atoms with van der Waals surface area (Å²) >= 11 is 0. The maximum absolute atomic E-state index is 12.6. The zero-order valence-corrected chi connectivity index (χ0v) is 19.7. The molecule has 0 unspecified atom stereocenters. The number of hydrogen-bond donors (Lipinski definition) is 2. The van der Waals surface area contributed by atoms with Crippen LogP contribution in [0.5, 0.6) is 0 Å². The summed E-state index contributed by atoms with van der Waals surface area (Å²) in [5.41, 5.74) is 4.13. The van der Waals surface area contributed by atoms with Crippen molar-refractivity contribution in [1.82, 2.24) is 15.0 Å². The lowest BCUT2D eigenvalue weighted by atomic mass is 9.87. The average Bonchev–Trinajstić information content (AvgIpc) is 2.77. The van der Waals surface area contributed by atoms with Crippen molar-refractivity contribution in [3.8, 4) is 0 Å². The monoisotopic (exact) mass is 451 g/mol. The molecule has 0 fully saturated rings. The smallest absolute Gasteiger partial charge is 0.251 e. The minimum absolute atomic E-state index is 0.0415. The largest absolute Gasteiger partial charge is 0.346 e. The summed E-state index contributed by atoms with van der Waals surface area (Å²) in [5.74, 6) is -0.207. The van der Waals surface area contributed by atoms with Crippen LogP contribution in [0.2, 0.25) is 0 Å². The highest BCUT2D eigenvalue weighted by Gasteiger charge is 2.17. The predicted molar refractivity (Wildman–Crippen MR) is 126 cm³/mol. The van der Waals surface area contributed by atoms with Gasteiger partial charge in [-0.15, -0.1) is 0 Å². The van der Waals surface area contributed by atoms with Gasteiger partial charge in [0, 0.05) is 18.3 Å². The van der Waals surface area contributed by atoms with E-state index < -0.39 is 10.0 Å². The van der Waals surface area contributed by atoms with Crippen molar-refractivity contribution in [2.45, 2.75) is 51.1 Å². The molecule has 168 valence electrons. The molecule has 0 spiro atoms. The molecule has 32 heavy (non-hydrogen) atoms. The molecule has 0 aliphatic rings. The molecular weight excluding hydrogens is 422 g/mol. The molecule has 0 saturated carbocycles. The first kappa shape index (κ1) is 23.6. The third kappa shape index (κ3) is 6.02. The molecule has 0 atom stereocenters. The second-order valence-corrected chi connectivity index (χ2v) is 10.5. The highest BCUT2D eigenvalue weighted by molar-refractivity contribution is 7.89. The van der Waals surface area contributed by atoms with Crippen LogP contribution in [0.25, 0.3) is 0 Å². The topological polar surface area (TPSA) is 88.2 Å². The summed E-state index contributed by atoms with van der Waals surface area (Å²) in [6.45, 7) is 8.68. The van der Waals surface area contributed by atoms with Crippen molar-refractivity contribution in [3.63, 3.8) is 0 Å². The number of sulfonamides is 1. The molecule has 0 aliphatic heterocycles. The Kier molecular flexibility index (Phi) is 7.11. The number of pyridine rings is 1. The summed E-state index contributed by atoms with van der Waals surface area (Å²) in [5, 5.41) is 2.86. The predicted octanol–water partition coefficient (Wildman–Crippen LogP) is 4.10. The minimum Gasteiger partial charge on any atom is -0.346 e. The highest BCUT2D eigenvalue weighted by Crippen LogP contribution is 2.23. The Hall–Kier alpha value is -3.03. The van der Waals surface area contributed by atoms with Crippen LogP contribution < -0.4 is 10.0 Å². The van der Waals surface area contributed by atoms with Crippen molar-refractivity contribution in [1.29, 1.82) is 0 Å². The first-order valence-corrected chi connectivity index (χ1v) is 11.9. The number of nitrogens with zero attached hydrogens (tertiary/aromatic N) is 1. The summed E-state index contributed by atoms with van der Waals surface area (Å²) in [6, 6.07) is 17.6. The van der Waals surface area contributed by atoms with Crippen LogP contribution in [-0.4, -0.2) is 19.3 Å². The highest BCUT2D eigenvalue weighted by atomic mass is 32.2. The van der Waals surface area contributed by atoms with E-state index in [1.165, 1.54) is 0 Å². The van der Waals surface area contributed by atoms with E-state index in [1.54, 1.807) is 42.6 Å². The zero-order chi connectivity index (χ0) is 23.4. The molecule has 1 aromatic heterocycles. The van der Waals surface area contributed by atoms with Gasteiger partial charge in [-0.25, -0.2) is 13.1 Å².